The van der Waals surface area contributed by atoms with E-state index in [1.807, 2.05) is 19.9 Å². The maximum Gasteiger partial charge on any atom is 0.238 e. The molecule has 116 valence electrons. The number of anilines is 2. The van der Waals surface area contributed by atoms with Crippen LogP contribution in [-0.2, 0) is 9.59 Å². The molecule has 0 fully saturated rings. The number of carbonyl (C=O) groups is 2. The predicted molar refractivity (Wildman–Crippen MR) is 85.0 cm³/mol. The number of hydrogen-bond donors (Lipinski definition) is 3. The van der Waals surface area contributed by atoms with Crippen molar-refractivity contribution in [2.45, 2.75) is 20.3 Å². The molecule has 0 aliphatic rings. The average molecular weight is 292 g/mol. The van der Waals surface area contributed by atoms with E-state index in [0.29, 0.717) is 17.9 Å². The number of rotatable bonds is 7. The zero-order valence-electron chi connectivity index (χ0n) is 12.9. The summed E-state index contributed by atoms with van der Waals surface area (Å²) in [6.45, 7) is 4.90. The van der Waals surface area contributed by atoms with Crippen LogP contribution >= 0.6 is 0 Å². The topological polar surface area (TPSA) is 87.5 Å². The number of nitrogens with two attached hydrogens (primary N) is 1. The van der Waals surface area contributed by atoms with E-state index in [-0.39, 0.29) is 24.9 Å². The zero-order chi connectivity index (χ0) is 15.8. The molecule has 4 N–H and O–H groups in total. The number of amides is 2. The lowest BCUT2D eigenvalue weighted by Gasteiger charge is -2.16. The van der Waals surface area contributed by atoms with E-state index in [1.165, 1.54) is 0 Å². The highest BCUT2D eigenvalue weighted by molar-refractivity contribution is 5.93. The Labute approximate surface area is 125 Å². The number of hydrogen-bond acceptors (Lipinski definition) is 4. The fraction of sp³-hybridized carbons (Fsp3) is 0.467. The molecule has 0 unspecified atom stereocenters. The number of nitrogens with zero attached hydrogens (tertiary/aromatic N) is 1. The molecular formula is C15H24N4O2. The molecule has 0 bridgehead atoms. The quantitative estimate of drug-likeness (QED) is 0.654. The van der Waals surface area contributed by atoms with Crippen molar-refractivity contribution in [2.75, 3.05) is 37.7 Å². The van der Waals surface area contributed by atoms with Crippen molar-refractivity contribution in [1.82, 2.24) is 10.2 Å². The summed E-state index contributed by atoms with van der Waals surface area (Å²) >= 11 is 0. The Morgan fingerprint density at radius 3 is 2.52 bits per heavy atom. The molecule has 1 rings (SSSR count). The first-order valence-corrected chi connectivity index (χ1v) is 7.03. The Kier molecular flexibility index (Phi) is 6.68. The highest BCUT2D eigenvalue weighted by atomic mass is 16.2. The Hall–Kier alpha value is -2.08. The average Bonchev–Trinajstić information content (AvgIpc) is 2.40. The molecule has 0 aromatic heterocycles. The summed E-state index contributed by atoms with van der Waals surface area (Å²) < 4.78 is 0. The van der Waals surface area contributed by atoms with Gasteiger partial charge in [-0.1, -0.05) is 13.0 Å². The lowest BCUT2D eigenvalue weighted by molar-refractivity contribution is -0.122. The summed E-state index contributed by atoms with van der Waals surface area (Å²) in [5, 5.41) is 5.54. The highest BCUT2D eigenvalue weighted by Gasteiger charge is 2.10. The van der Waals surface area contributed by atoms with Gasteiger partial charge in [-0.05, 0) is 38.1 Å². The SMILES string of the molecule is CCCNC(=O)CN(C)CC(=O)Nc1ccc(C)c(N)c1. The van der Waals surface area contributed by atoms with Gasteiger partial charge in [-0.25, -0.2) is 0 Å². The van der Waals surface area contributed by atoms with Crippen LogP contribution in [0, 0.1) is 6.92 Å². The van der Waals surface area contributed by atoms with Gasteiger partial charge in [0.25, 0.3) is 0 Å². The minimum absolute atomic E-state index is 0.0771. The molecule has 1 aromatic carbocycles. The molecule has 0 atom stereocenters. The van der Waals surface area contributed by atoms with Gasteiger partial charge in [0, 0.05) is 17.9 Å². The molecule has 0 heterocycles. The molecule has 1 aromatic rings. The second-order valence-corrected chi connectivity index (χ2v) is 5.14. The number of aryl methyl sites for hydroxylation is 1. The van der Waals surface area contributed by atoms with Crippen LogP contribution in [0.2, 0.25) is 0 Å². The molecule has 0 saturated carbocycles. The van der Waals surface area contributed by atoms with Crippen LogP contribution in [0.15, 0.2) is 18.2 Å². The zero-order valence-corrected chi connectivity index (χ0v) is 12.9. The van der Waals surface area contributed by atoms with Gasteiger partial charge in [0.2, 0.25) is 11.8 Å². The third kappa shape index (κ3) is 6.27. The Morgan fingerprint density at radius 1 is 1.24 bits per heavy atom. The number of carbonyl (C=O) groups excluding carboxylic acids is 2. The Balaban J connectivity index is 2.42. The molecule has 6 nitrogen and oxygen atoms in total. The van der Waals surface area contributed by atoms with Crippen molar-refractivity contribution < 1.29 is 9.59 Å². The van der Waals surface area contributed by atoms with E-state index in [2.05, 4.69) is 10.6 Å². The molecule has 21 heavy (non-hydrogen) atoms. The fourth-order valence-corrected chi connectivity index (χ4v) is 1.79. The first-order chi connectivity index (χ1) is 9.92. The van der Waals surface area contributed by atoms with Crippen LogP contribution in [0.5, 0.6) is 0 Å². The Bertz CT molecular complexity index is 502. The molecule has 2 amide bonds. The molecule has 0 saturated heterocycles. The first kappa shape index (κ1) is 17.0. The van der Waals surface area contributed by atoms with Gasteiger partial charge in [-0.15, -0.1) is 0 Å². The number of benzene rings is 1. The monoisotopic (exact) mass is 292 g/mol. The maximum atomic E-state index is 11.9. The van der Waals surface area contributed by atoms with E-state index >= 15 is 0 Å². The number of nitrogens with one attached hydrogen (secondary N) is 2. The summed E-state index contributed by atoms with van der Waals surface area (Å²) in [4.78, 5) is 25.1. The van der Waals surface area contributed by atoms with Crippen molar-refractivity contribution in [3.63, 3.8) is 0 Å². The summed E-state index contributed by atoms with van der Waals surface area (Å²) in [6, 6.07) is 5.38. The van der Waals surface area contributed by atoms with Gasteiger partial charge in [0.1, 0.15) is 0 Å². The first-order valence-electron chi connectivity index (χ1n) is 7.03. The predicted octanol–water partition coefficient (Wildman–Crippen LogP) is 0.974. The van der Waals surface area contributed by atoms with Crippen LogP contribution in [0.1, 0.15) is 18.9 Å². The standard InChI is InChI=1S/C15H24N4O2/c1-4-7-17-14(20)9-19(3)10-15(21)18-12-6-5-11(2)13(16)8-12/h5-6,8H,4,7,9-10,16H2,1-3H3,(H,17,20)(H,18,21). The minimum atomic E-state index is -0.177. The van der Waals surface area contributed by atoms with Crippen molar-refractivity contribution in [2.24, 2.45) is 0 Å². The van der Waals surface area contributed by atoms with Gasteiger partial charge in [0.15, 0.2) is 0 Å². The van der Waals surface area contributed by atoms with E-state index in [4.69, 9.17) is 5.73 Å². The highest BCUT2D eigenvalue weighted by Crippen LogP contribution is 2.16. The number of nitrogen functional groups attached to an aromatic ring is 1. The molecular weight excluding hydrogens is 268 g/mol. The minimum Gasteiger partial charge on any atom is -0.398 e. The maximum absolute atomic E-state index is 11.9. The van der Waals surface area contributed by atoms with Gasteiger partial charge in [-0.3, -0.25) is 14.5 Å². The second-order valence-electron chi connectivity index (χ2n) is 5.14. The van der Waals surface area contributed by atoms with Crippen LogP contribution in [0.3, 0.4) is 0 Å². The Morgan fingerprint density at radius 2 is 1.90 bits per heavy atom. The van der Waals surface area contributed by atoms with Crippen LogP contribution in [0.25, 0.3) is 0 Å². The summed E-state index contributed by atoms with van der Waals surface area (Å²) in [6.07, 6.45) is 0.894. The van der Waals surface area contributed by atoms with Crippen LogP contribution in [0.4, 0.5) is 11.4 Å². The van der Waals surface area contributed by atoms with E-state index < -0.39 is 0 Å². The van der Waals surface area contributed by atoms with Gasteiger partial charge in [0.05, 0.1) is 13.1 Å². The third-order valence-corrected chi connectivity index (χ3v) is 2.96. The largest absolute Gasteiger partial charge is 0.398 e. The number of likely N-dealkylation sites (N-methyl/N-ethyl adjacent to an activating group) is 1. The molecule has 0 spiro atoms. The second kappa shape index (κ2) is 8.26. The van der Waals surface area contributed by atoms with Crippen molar-refractivity contribution in [3.8, 4) is 0 Å². The van der Waals surface area contributed by atoms with Gasteiger partial charge >= 0.3 is 0 Å². The van der Waals surface area contributed by atoms with Crippen LogP contribution in [-0.4, -0.2) is 43.4 Å². The lowest BCUT2D eigenvalue weighted by atomic mass is 10.2. The van der Waals surface area contributed by atoms with E-state index in [9.17, 15) is 9.59 Å². The fourth-order valence-electron chi connectivity index (χ4n) is 1.79. The van der Waals surface area contributed by atoms with Gasteiger partial charge < -0.3 is 16.4 Å². The van der Waals surface area contributed by atoms with Crippen LogP contribution < -0.4 is 16.4 Å². The third-order valence-electron chi connectivity index (χ3n) is 2.96. The molecule has 0 aliphatic carbocycles. The molecule has 0 radical (unpaired) electrons. The molecule has 0 aliphatic heterocycles. The summed E-state index contributed by atoms with van der Waals surface area (Å²) in [7, 11) is 1.73. The van der Waals surface area contributed by atoms with Crippen molar-refractivity contribution >= 4 is 23.2 Å². The van der Waals surface area contributed by atoms with Crippen molar-refractivity contribution in [1.29, 1.82) is 0 Å². The van der Waals surface area contributed by atoms with E-state index in [1.54, 1.807) is 24.1 Å². The van der Waals surface area contributed by atoms with E-state index in [0.717, 1.165) is 12.0 Å². The van der Waals surface area contributed by atoms with Crippen molar-refractivity contribution in [3.05, 3.63) is 23.8 Å². The smallest absolute Gasteiger partial charge is 0.238 e. The molecule has 6 heteroatoms. The normalized spacial score (nSPS) is 10.5. The lowest BCUT2D eigenvalue weighted by Crippen LogP contribution is -2.39. The van der Waals surface area contributed by atoms with Gasteiger partial charge in [-0.2, -0.15) is 0 Å². The summed E-state index contributed by atoms with van der Waals surface area (Å²) in [5.41, 5.74) is 8.06. The summed E-state index contributed by atoms with van der Waals surface area (Å²) in [5.74, 6) is -0.254.